The molecule has 18 heavy (non-hydrogen) atoms. The summed E-state index contributed by atoms with van der Waals surface area (Å²) in [6.45, 7) is 3.07. The number of aliphatic hydroxyl groups excluding tert-OH is 1. The van der Waals surface area contributed by atoms with Gasteiger partial charge in [0.05, 0.1) is 37.2 Å². The lowest BCUT2D eigenvalue weighted by Crippen LogP contribution is -2.29. The number of hydrogen-bond acceptors (Lipinski definition) is 5. The fourth-order valence-corrected chi connectivity index (χ4v) is 1.57. The number of aliphatic hydroxyl groups is 1. The molecule has 0 bridgehead atoms. The van der Waals surface area contributed by atoms with Crippen LogP contribution in [-0.2, 0) is 4.74 Å². The van der Waals surface area contributed by atoms with Crippen molar-refractivity contribution in [3.05, 3.63) is 18.2 Å². The van der Waals surface area contributed by atoms with E-state index < -0.39 is 0 Å². The molecule has 0 aliphatic carbocycles. The summed E-state index contributed by atoms with van der Waals surface area (Å²) in [5, 5.41) is 12.3. The Kier molecular flexibility index (Phi) is 6.32. The smallest absolute Gasteiger partial charge is 0.144 e. The van der Waals surface area contributed by atoms with Crippen LogP contribution in [0.1, 0.15) is 13.3 Å². The number of nitrogens with two attached hydrogens (primary N) is 1. The van der Waals surface area contributed by atoms with Crippen LogP contribution in [0.5, 0.6) is 5.75 Å². The molecule has 0 saturated carbocycles. The average Bonchev–Trinajstić information content (AvgIpc) is 2.39. The molecule has 1 unspecified atom stereocenters. The van der Waals surface area contributed by atoms with E-state index in [2.05, 4.69) is 5.32 Å². The molecule has 1 aromatic carbocycles. The fraction of sp³-hybridized carbons (Fsp3) is 0.538. The van der Waals surface area contributed by atoms with Crippen LogP contribution in [0, 0.1) is 0 Å². The maximum Gasteiger partial charge on any atom is 0.144 e. The average molecular weight is 254 g/mol. The first-order valence-electron chi connectivity index (χ1n) is 6.10. The second-order valence-electron chi connectivity index (χ2n) is 4.05. The summed E-state index contributed by atoms with van der Waals surface area (Å²) in [4.78, 5) is 0. The van der Waals surface area contributed by atoms with E-state index in [0.29, 0.717) is 24.7 Å². The number of nitrogen functional groups attached to an aromatic ring is 1. The maximum absolute atomic E-state index is 9.21. The minimum Gasteiger partial charge on any atom is -0.491 e. The standard InChI is InChI=1S/C13H22N2O3/c1-3-7-18-12-6-4-5-11(13(12)14)15-10(8-16)9-17-2/h4-6,10,15-16H,3,7-9,14H2,1-2H3. The minimum absolute atomic E-state index is 0.0205. The number of ether oxygens (including phenoxy) is 2. The van der Waals surface area contributed by atoms with E-state index in [1.54, 1.807) is 7.11 Å². The molecule has 0 amide bonds. The molecule has 0 fully saturated rings. The zero-order valence-electron chi connectivity index (χ0n) is 11.0. The van der Waals surface area contributed by atoms with Crippen molar-refractivity contribution < 1.29 is 14.6 Å². The van der Waals surface area contributed by atoms with E-state index >= 15 is 0 Å². The Morgan fingerprint density at radius 1 is 1.44 bits per heavy atom. The Morgan fingerprint density at radius 3 is 2.83 bits per heavy atom. The van der Waals surface area contributed by atoms with E-state index in [9.17, 15) is 5.11 Å². The Bertz CT molecular complexity index is 358. The molecular weight excluding hydrogens is 232 g/mol. The number of rotatable bonds is 8. The van der Waals surface area contributed by atoms with Gasteiger partial charge in [0.25, 0.3) is 0 Å². The van der Waals surface area contributed by atoms with Crippen molar-refractivity contribution in [2.45, 2.75) is 19.4 Å². The first kappa shape index (κ1) is 14.6. The predicted molar refractivity (Wildman–Crippen MR) is 73.0 cm³/mol. The molecule has 0 radical (unpaired) electrons. The van der Waals surface area contributed by atoms with Gasteiger partial charge in [-0.15, -0.1) is 0 Å². The summed E-state index contributed by atoms with van der Waals surface area (Å²) < 4.78 is 10.6. The Morgan fingerprint density at radius 2 is 2.22 bits per heavy atom. The molecule has 0 spiro atoms. The highest BCUT2D eigenvalue weighted by Crippen LogP contribution is 2.29. The van der Waals surface area contributed by atoms with Crippen LogP contribution in [0.15, 0.2) is 18.2 Å². The summed E-state index contributed by atoms with van der Waals surface area (Å²) in [6.07, 6.45) is 0.931. The lowest BCUT2D eigenvalue weighted by Gasteiger charge is -2.19. The third-order valence-corrected chi connectivity index (χ3v) is 2.48. The zero-order chi connectivity index (χ0) is 13.4. The Labute approximate surface area is 108 Å². The van der Waals surface area contributed by atoms with Gasteiger partial charge in [-0.25, -0.2) is 0 Å². The van der Waals surface area contributed by atoms with Gasteiger partial charge in [0.2, 0.25) is 0 Å². The largest absolute Gasteiger partial charge is 0.491 e. The summed E-state index contributed by atoms with van der Waals surface area (Å²) in [5.41, 5.74) is 7.32. The SMILES string of the molecule is CCCOc1cccc(NC(CO)COC)c1N. The monoisotopic (exact) mass is 254 g/mol. The summed E-state index contributed by atoms with van der Waals surface area (Å²) >= 11 is 0. The maximum atomic E-state index is 9.21. The van der Waals surface area contributed by atoms with Crippen LogP contribution in [-0.4, -0.2) is 38.1 Å². The van der Waals surface area contributed by atoms with E-state index in [-0.39, 0.29) is 12.6 Å². The zero-order valence-corrected chi connectivity index (χ0v) is 11.0. The molecule has 1 atom stereocenters. The van der Waals surface area contributed by atoms with E-state index in [1.807, 2.05) is 25.1 Å². The molecule has 1 rings (SSSR count). The number of methoxy groups -OCH3 is 1. The second-order valence-corrected chi connectivity index (χ2v) is 4.05. The number of anilines is 2. The molecule has 1 aromatic rings. The lowest BCUT2D eigenvalue weighted by atomic mass is 10.2. The highest BCUT2D eigenvalue weighted by Gasteiger charge is 2.11. The van der Waals surface area contributed by atoms with Crippen LogP contribution in [0.25, 0.3) is 0 Å². The van der Waals surface area contributed by atoms with Gasteiger partial charge in [-0.1, -0.05) is 13.0 Å². The number of para-hydroxylation sites is 1. The highest BCUT2D eigenvalue weighted by atomic mass is 16.5. The van der Waals surface area contributed by atoms with Crippen LogP contribution in [0.3, 0.4) is 0 Å². The molecule has 0 aliphatic heterocycles. The molecule has 5 nitrogen and oxygen atoms in total. The van der Waals surface area contributed by atoms with E-state index in [1.165, 1.54) is 0 Å². The topological polar surface area (TPSA) is 76.7 Å². The third-order valence-electron chi connectivity index (χ3n) is 2.48. The van der Waals surface area contributed by atoms with Gasteiger partial charge in [-0.05, 0) is 18.6 Å². The Hall–Kier alpha value is -1.46. The number of nitrogens with one attached hydrogen (secondary N) is 1. The summed E-state index contributed by atoms with van der Waals surface area (Å²) in [6, 6.07) is 5.37. The quantitative estimate of drug-likeness (QED) is 0.612. The summed E-state index contributed by atoms with van der Waals surface area (Å²) in [5.74, 6) is 0.663. The molecule has 0 aliphatic rings. The molecule has 4 N–H and O–H groups in total. The molecule has 0 aromatic heterocycles. The van der Waals surface area contributed by atoms with Gasteiger partial charge in [-0.2, -0.15) is 0 Å². The van der Waals surface area contributed by atoms with Crippen molar-refractivity contribution in [2.75, 3.05) is 38.0 Å². The van der Waals surface area contributed by atoms with Crippen molar-refractivity contribution in [3.8, 4) is 5.75 Å². The van der Waals surface area contributed by atoms with Gasteiger partial charge < -0.3 is 25.6 Å². The minimum atomic E-state index is -0.182. The number of hydrogen-bond donors (Lipinski definition) is 3. The molecule has 0 saturated heterocycles. The van der Waals surface area contributed by atoms with Crippen molar-refractivity contribution in [1.82, 2.24) is 0 Å². The van der Waals surface area contributed by atoms with Crippen LogP contribution in [0.2, 0.25) is 0 Å². The van der Waals surface area contributed by atoms with Crippen LogP contribution >= 0.6 is 0 Å². The van der Waals surface area contributed by atoms with E-state index in [0.717, 1.165) is 12.1 Å². The van der Waals surface area contributed by atoms with Gasteiger partial charge in [0.1, 0.15) is 5.75 Å². The second kappa shape index (κ2) is 7.79. The summed E-state index contributed by atoms with van der Waals surface area (Å²) in [7, 11) is 1.59. The van der Waals surface area contributed by atoms with Gasteiger partial charge >= 0.3 is 0 Å². The fourth-order valence-electron chi connectivity index (χ4n) is 1.57. The van der Waals surface area contributed by atoms with Gasteiger partial charge in [-0.3, -0.25) is 0 Å². The van der Waals surface area contributed by atoms with Gasteiger partial charge in [0, 0.05) is 7.11 Å². The first-order valence-corrected chi connectivity index (χ1v) is 6.10. The van der Waals surface area contributed by atoms with E-state index in [4.69, 9.17) is 15.2 Å². The van der Waals surface area contributed by atoms with Crippen molar-refractivity contribution in [3.63, 3.8) is 0 Å². The molecular formula is C13H22N2O3. The molecule has 102 valence electrons. The molecule has 0 heterocycles. The van der Waals surface area contributed by atoms with Crippen molar-refractivity contribution >= 4 is 11.4 Å². The normalized spacial score (nSPS) is 12.2. The first-order chi connectivity index (χ1) is 8.72. The molecule has 5 heteroatoms. The lowest BCUT2D eigenvalue weighted by molar-refractivity contribution is 0.153. The Balaban J connectivity index is 2.75. The third kappa shape index (κ3) is 4.09. The van der Waals surface area contributed by atoms with Crippen LogP contribution < -0.4 is 15.8 Å². The highest BCUT2D eigenvalue weighted by molar-refractivity contribution is 5.73. The van der Waals surface area contributed by atoms with Crippen molar-refractivity contribution in [1.29, 1.82) is 0 Å². The van der Waals surface area contributed by atoms with Crippen LogP contribution in [0.4, 0.5) is 11.4 Å². The number of benzene rings is 1. The predicted octanol–water partition coefficient (Wildman–Crippen LogP) is 1.48. The van der Waals surface area contributed by atoms with Crippen molar-refractivity contribution in [2.24, 2.45) is 0 Å². The van der Waals surface area contributed by atoms with Gasteiger partial charge in [0.15, 0.2) is 0 Å².